The molecule has 1 aliphatic heterocycles. The number of ether oxygens (including phenoxy) is 1. The largest absolute Gasteiger partial charge is 0.351 e. The van der Waals surface area contributed by atoms with E-state index in [0.717, 1.165) is 6.42 Å². The van der Waals surface area contributed by atoms with E-state index in [0.29, 0.717) is 0 Å². The van der Waals surface area contributed by atoms with Crippen molar-refractivity contribution in [3.63, 3.8) is 0 Å². The second-order valence-corrected chi connectivity index (χ2v) is 5.06. The molecule has 1 aromatic rings. The molecule has 2 nitrogen and oxygen atoms in total. The molecule has 1 heterocycles. The molecule has 98 valence electrons. The van der Waals surface area contributed by atoms with E-state index < -0.39 is 0 Å². The molecule has 2 heteroatoms. The van der Waals surface area contributed by atoms with E-state index in [1.54, 1.807) is 0 Å². The first-order chi connectivity index (χ1) is 9.28. The van der Waals surface area contributed by atoms with E-state index in [4.69, 9.17) is 4.74 Å². The zero-order chi connectivity index (χ0) is 13.2. The normalized spacial score (nSPS) is 28.4. The van der Waals surface area contributed by atoms with Gasteiger partial charge in [-0.15, -0.1) is 0 Å². The molecule has 0 bridgehead atoms. The molecule has 19 heavy (non-hydrogen) atoms. The summed E-state index contributed by atoms with van der Waals surface area (Å²) in [5.41, 5.74) is 2.50. The molecular formula is C17H19NO. The predicted molar refractivity (Wildman–Crippen MR) is 78.8 cm³/mol. The lowest BCUT2D eigenvalue weighted by atomic mass is 9.96. The molecular weight excluding hydrogens is 234 g/mol. The van der Waals surface area contributed by atoms with Gasteiger partial charge in [0.05, 0.1) is 0 Å². The van der Waals surface area contributed by atoms with Crippen molar-refractivity contribution < 1.29 is 4.74 Å². The van der Waals surface area contributed by atoms with Crippen molar-refractivity contribution in [1.29, 1.82) is 0 Å². The first-order valence-corrected chi connectivity index (χ1v) is 6.76. The van der Waals surface area contributed by atoms with Crippen molar-refractivity contribution in [1.82, 2.24) is 5.32 Å². The fourth-order valence-corrected chi connectivity index (χ4v) is 2.65. The number of allylic oxidation sites excluding steroid dienone is 2. The van der Waals surface area contributed by atoms with Gasteiger partial charge in [0, 0.05) is 6.42 Å². The molecule has 0 saturated carbocycles. The third-order valence-electron chi connectivity index (χ3n) is 3.70. The van der Waals surface area contributed by atoms with Crippen molar-refractivity contribution >= 4 is 11.6 Å². The lowest BCUT2D eigenvalue weighted by molar-refractivity contribution is 0.0271. The first kappa shape index (κ1) is 12.4. The Kier molecular flexibility index (Phi) is 3.36. The Balaban J connectivity index is 2.24. The number of nitrogens with one attached hydrogen (secondary N) is 1. The van der Waals surface area contributed by atoms with Crippen molar-refractivity contribution in [2.45, 2.75) is 25.7 Å². The van der Waals surface area contributed by atoms with Crippen LogP contribution in [0.3, 0.4) is 0 Å². The SMILES string of the molecule is CNC1CC=c2cccc/c2=C2\C=CC(C)=CC2O1. The lowest BCUT2D eigenvalue weighted by Gasteiger charge is -2.26. The maximum atomic E-state index is 6.16. The minimum Gasteiger partial charge on any atom is -0.351 e. The summed E-state index contributed by atoms with van der Waals surface area (Å²) in [6.07, 6.45) is 9.77. The molecule has 0 saturated heterocycles. The van der Waals surface area contributed by atoms with Crippen molar-refractivity contribution in [3.05, 3.63) is 58.5 Å². The highest BCUT2D eigenvalue weighted by Gasteiger charge is 2.20. The van der Waals surface area contributed by atoms with Crippen LogP contribution in [-0.4, -0.2) is 19.4 Å². The summed E-state index contributed by atoms with van der Waals surface area (Å²) in [7, 11) is 1.95. The molecule has 0 radical (unpaired) electrons. The maximum absolute atomic E-state index is 6.16. The molecule has 0 amide bonds. The lowest BCUT2D eigenvalue weighted by Crippen LogP contribution is -2.39. The molecule has 0 aromatic heterocycles. The zero-order valence-electron chi connectivity index (χ0n) is 11.4. The minimum atomic E-state index is 0.0392. The zero-order valence-corrected chi connectivity index (χ0v) is 11.4. The Bertz CT molecular complexity index is 654. The third kappa shape index (κ3) is 2.42. The van der Waals surface area contributed by atoms with Crippen LogP contribution in [0.2, 0.25) is 0 Å². The monoisotopic (exact) mass is 253 g/mol. The van der Waals surface area contributed by atoms with Gasteiger partial charge in [0.25, 0.3) is 0 Å². The fraction of sp³-hybridized carbons (Fsp3) is 0.294. The summed E-state index contributed by atoms with van der Waals surface area (Å²) in [6.45, 7) is 2.11. The van der Waals surface area contributed by atoms with Crippen LogP contribution in [0.5, 0.6) is 0 Å². The highest BCUT2D eigenvalue weighted by atomic mass is 16.5. The van der Waals surface area contributed by atoms with Gasteiger partial charge in [-0.2, -0.15) is 0 Å². The molecule has 2 unspecified atom stereocenters. The van der Waals surface area contributed by atoms with Gasteiger partial charge in [0.15, 0.2) is 0 Å². The standard InChI is InChI=1S/C17H19NO/c1-12-7-9-15-14-6-4-3-5-13(14)8-10-17(18-2)19-16(15)11-12/h3-9,11,16-18H,10H2,1-2H3/b13-8?,15-14-. The fourth-order valence-electron chi connectivity index (χ4n) is 2.65. The minimum absolute atomic E-state index is 0.0392. The summed E-state index contributed by atoms with van der Waals surface area (Å²) in [5.74, 6) is 0. The van der Waals surface area contributed by atoms with Crippen molar-refractivity contribution in [2.75, 3.05) is 7.05 Å². The summed E-state index contributed by atoms with van der Waals surface area (Å²) < 4.78 is 6.16. The van der Waals surface area contributed by atoms with Crippen molar-refractivity contribution in [3.8, 4) is 0 Å². The molecule has 1 N–H and O–H groups in total. The highest BCUT2D eigenvalue weighted by Crippen LogP contribution is 2.21. The average molecular weight is 253 g/mol. The smallest absolute Gasteiger partial charge is 0.112 e. The topological polar surface area (TPSA) is 21.3 Å². The van der Waals surface area contributed by atoms with Gasteiger partial charge < -0.3 is 4.74 Å². The Morgan fingerprint density at radius 3 is 2.89 bits per heavy atom. The first-order valence-electron chi connectivity index (χ1n) is 6.76. The summed E-state index contributed by atoms with van der Waals surface area (Å²) in [5, 5.41) is 5.80. The second kappa shape index (κ2) is 5.16. The van der Waals surface area contributed by atoms with Crippen LogP contribution in [-0.2, 0) is 4.74 Å². The van der Waals surface area contributed by atoms with Gasteiger partial charge in [0.2, 0.25) is 0 Å². The van der Waals surface area contributed by atoms with Gasteiger partial charge in [-0.3, -0.25) is 5.32 Å². The van der Waals surface area contributed by atoms with Crippen LogP contribution in [0.4, 0.5) is 0 Å². The predicted octanol–water partition coefficient (Wildman–Crippen LogP) is 1.47. The Labute approximate surface area is 113 Å². The van der Waals surface area contributed by atoms with Crippen LogP contribution >= 0.6 is 0 Å². The molecule has 3 rings (SSSR count). The molecule has 2 aliphatic rings. The quantitative estimate of drug-likeness (QED) is 0.818. The van der Waals surface area contributed by atoms with Gasteiger partial charge >= 0.3 is 0 Å². The second-order valence-electron chi connectivity index (χ2n) is 5.06. The van der Waals surface area contributed by atoms with Crippen LogP contribution in [0.15, 0.2) is 48.1 Å². The highest BCUT2D eigenvalue weighted by molar-refractivity contribution is 5.67. The van der Waals surface area contributed by atoms with Crippen LogP contribution < -0.4 is 15.8 Å². The van der Waals surface area contributed by atoms with E-state index >= 15 is 0 Å². The summed E-state index contributed by atoms with van der Waals surface area (Å²) in [4.78, 5) is 0. The van der Waals surface area contributed by atoms with E-state index in [1.807, 2.05) is 7.05 Å². The Morgan fingerprint density at radius 2 is 2.05 bits per heavy atom. The van der Waals surface area contributed by atoms with Gasteiger partial charge in [0.1, 0.15) is 12.3 Å². The number of rotatable bonds is 1. The van der Waals surface area contributed by atoms with Crippen LogP contribution in [0.25, 0.3) is 11.6 Å². The Hall–Kier alpha value is -1.64. The van der Waals surface area contributed by atoms with E-state index in [1.165, 1.54) is 21.6 Å². The maximum Gasteiger partial charge on any atom is 0.112 e. The number of hydrogen-bond acceptors (Lipinski definition) is 2. The van der Waals surface area contributed by atoms with Gasteiger partial charge in [-0.05, 0) is 36.1 Å². The van der Waals surface area contributed by atoms with Crippen molar-refractivity contribution in [2.24, 2.45) is 0 Å². The summed E-state index contributed by atoms with van der Waals surface area (Å²) in [6, 6.07) is 8.54. The van der Waals surface area contributed by atoms with Gasteiger partial charge in [-0.25, -0.2) is 0 Å². The number of benzene rings is 1. The molecule has 1 aliphatic carbocycles. The molecule has 0 spiro atoms. The Morgan fingerprint density at radius 1 is 1.21 bits per heavy atom. The third-order valence-corrected chi connectivity index (χ3v) is 3.70. The van der Waals surface area contributed by atoms with Crippen LogP contribution in [0, 0.1) is 0 Å². The van der Waals surface area contributed by atoms with Crippen LogP contribution in [0.1, 0.15) is 13.3 Å². The van der Waals surface area contributed by atoms with E-state index in [2.05, 4.69) is 60.8 Å². The summed E-state index contributed by atoms with van der Waals surface area (Å²) >= 11 is 0. The number of hydrogen-bond donors (Lipinski definition) is 1. The molecule has 0 fully saturated rings. The average Bonchev–Trinajstić information content (AvgIpc) is 2.42. The van der Waals surface area contributed by atoms with Gasteiger partial charge in [-0.1, -0.05) is 48.1 Å². The number of fused-ring (bicyclic) bond motifs is 2. The van der Waals surface area contributed by atoms with E-state index in [9.17, 15) is 0 Å². The molecule has 2 atom stereocenters. The molecule has 1 aromatic carbocycles. The van der Waals surface area contributed by atoms with E-state index in [-0.39, 0.29) is 12.3 Å².